The Morgan fingerprint density at radius 2 is 2.35 bits per heavy atom. The molecule has 1 N–H and O–H groups in total. The molecule has 2 rings (SSSR count). The molecule has 4 nitrogen and oxygen atoms in total. The van der Waals surface area contributed by atoms with E-state index in [2.05, 4.69) is 9.36 Å². The van der Waals surface area contributed by atoms with E-state index < -0.39 is 5.97 Å². The number of rotatable bonds is 4. The number of benzene rings is 1. The second-order valence-corrected chi connectivity index (χ2v) is 5.44. The quantitative estimate of drug-likeness (QED) is 0.862. The van der Waals surface area contributed by atoms with Crippen molar-refractivity contribution in [3.05, 3.63) is 41.2 Å². The van der Waals surface area contributed by atoms with Gasteiger partial charge in [-0.2, -0.15) is 4.37 Å². The number of thioether (sulfide) groups is 1. The van der Waals surface area contributed by atoms with Crippen LogP contribution in [0.3, 0.4) is 0 Å². The number of carbonyl (C=O) groups is 1. The molecule has 0 amide bonds. The first-order valence-electron chi connectivity index (χ1n) is 4.89. The van der Waals surface area contributed by atoms with E-state index in [9.17, 15) is 4.79 Å². The van der Waals surface area contributed by atoms with Crippen molar-refractivity contribution in [2.45, 2.75) is 17.0 Å². The van der Waals surface area contributed by atoms with Crippen LogP contribution < -0.4 is 0 Å². The van der Waals surface area contributed by atoms with Crippen LogP contribution in [0.5, 0.6) is 0 Å². The Hall–Kier alpha value is -1.40. The lowest BCUT2D eigenvalue weighted by atomic mass is 10.1. The average Bonchev–Trinajstić information content (AvgIpc) is 2.80. The van der Waals surface area contributed by atoms with Crippen LogP contribution in [-0.2, 0) is 5.75 Å². The molecule has 0 aliphatic carbocycles. The maximum absolute atomic E-state index is 10.8. The summed E-state index contributed by atoms with van der Waals surface area (Å²) in [5.74, 6) is -0.114. The van der Waals surface area contributed by atoms with Crippen LogP contribution in [0.25, 0.3) is 0 Å². The minimum Gasteiger partial charge on any atom is -0.478 e. The molecule has 88 valence electrons. The number of hydrogen-bond acceptors (Lipinski definition) is 5. The molecule has 0 atom stereocenters. The van der Waals surface area contributed by atoms with Crippen molar-refractivity contribution in [3.8, 4) is 0 Å². The molecule has 1 aromatic heterocycles. The summed E-state index contributed by atoms with van der Waals surface area (Å²) in [5.41, 5.74) is 2.43. The molecule has 0 spiro atoms. The van der Waals surface area contributed by atoms with Crippen molar-refractivity contribution in [2.24, 2.45) is 0 Å². The monoisotopic (exact) mass is 266 g/mol. The Morgan fingerprint density at radius 1 is 1.53 bits per heavy atom. The van der Waals surface area contributed by atoms with Gasteiger partial charge in [0.2, 0.25) is 0 Å². The highest BCUT2D eigenvalue weighted by Crippen LogP contribution is 2.25. The predicted octanol–water partition coefficient (Wildman–Crippen LogP) is 2.84. The molecule has 0 unspecified atom stereocenters. The zero-order valence-electron chi connectivity index (χ0n) is 9.08. The van der Waals surface area contributed by atoms with E-state index in [-0.39, 0.29) is 0 Å². The van der Waals surface area contributed by atoms with Crippen molar-refractivity contribution >= 4 is 29.3 Å². The van der Waals surface area contributed by atoms with Crippen LogP contribution in [0.2, 0.25) is 0 Å². The molecule has 0 saturated heterocycles. The van der Waals surface area contributed by atoms with E-state index in [1.54, 1.807) is 23.9 Å². The third-order valence-corrected chi connectivity index (χ3v) is 4.13. The normalized spacial score (nSPS) is 10.4. The summed E-state index contributed by atoms with van der Waals surface area (Å²) >= 11 is 2.97. The molecule has 1 aromatic carbocycles. The molecule has 1 heterocycles. The number of nitrogens with zero attached hydrogens (tertiary/aromatic N) is 2. The molecular formula is C11H10N2O2S2. The van der Waals surface area contributed by atoms with E-state index in [0.717, 1.165) is 21.2 Å². The molecule has 0 bridgehead atoms. The Morgan fingerprint density at radius 3 is 2.94 bits per heavy atom. The van der Waals surface area contributed by atoms with Crippen molar-refractivity contribution < 1.29 is 9.90 Å². The highest BCUT2D eigenvalue weighted by atomic mass is 32.2. The summed E-state index contributed by atoms with van der Waals surface area (Å²) in [5, 5.41) is 8.86. The summed E-state index contributed by atoms with van der Waals surface area (Å²) in [4.78, 5) is 14.9. The van der Waals surface area contributed by atoms with Crippen LogP contribution >= 0.6 is 23.3 Å². The lowest BCUT2D eigenvalue weighted by Crippen LogP contribution is -1.98. The van der Waals surface area contributed by atoms with Gasteiger partial charge >= 0.3 is 5.97 Å². The third kappa shape index (κ3) is 3.04. The Kier molecular flexibility index (Phi) is 3.75. The fourth-order valence-electron chi connectivity index (χ4n) is 1.36. The summed E-state index contributed by atoms with van der Waals surface area (Å²) < 4.78 is 4.85. The van der Waals surface area contributed by atoms with Crippen molar-refractivity contribution in [2.75, 3.05) is 0 Å². The number of aryl methyl sites for hydroxylation is 1. The number of aromatic nitrogens is 2. The fourth-order valence-corrected chi connectivity index (χ4v) is 2.88. The number of aromatic carboxylic acids is 1. The summed E-state index contributed by atoms with van der Waals surface area (Å²) in [6, 6.07) is 5.18. The second-order valence-electron chi connectivity index (χ2n) is 3.44. The van der Waals surface area contributed by atoms with Gasteiger partial charge in [-0.15, -0.1) is 0 Å². The van der Waals surface area contributed by atoms with Crippen molar-refractivity contribution in [1.29, 1.82) is 0 Å². The highest BCUT2D eigenvalue weighted by Gasteiger charge is 2.06. The number of carboxylic acid groups (broad SMARTS) is 1. The molecule has 6 heteroatoms. The maximum atomic E-state index is 10.8. The molecule has 0 saturated carbocycles. The maximum Gasteiger partial charge on any atom is 0.335 e. The first-order valence-corrected chi connectivity index (χ1v) is 6.65. The number of hydrogen-bond donors (Lipinski definition) is 1. The summed E-state index contributed by atoms with van der Waals surface area (Å²) in [6.45, 7) is 1.92. The van der Waals surface area contributed by atoms with Crippen LogP contribution in [0, 0.1) is 6.92 Å². The van der Waals surface area contributed by atoms with Gasteiger partial charge in [-0.1, -0.05) is 17.8 Å². The zero-order chi connectivity index (χ0) is 12.3. The van der Waals surface area contributed by atoms with Gasteiger partial charge in [0.05, 0.1) is 5.56 Å². The Bertz CT molecular complexity index is 526. The molecule has 0 radical (unpaired) electrons. The molecule has 2 aromatic rings. The van der Waals surface area contributed by atoms with Crippen molar-refractivity contribution in [1.82, 2.24) is 9.36 Å². The van der Waals surface area contributed by atoms with Crippen LogP contribution in [0.4, 0.5) is 0 Å². The standard InChI is InChI=1S/C11H10N2O2S2/c1-7-4-8(10(14)15)2-3-9(7)5-16-11-12-6-13-17-11/h2-4,6H,5H2,1H3,(H,14,15). The lowest BCUT2D eigenvalue weighted by Gasteiger charge is -2.05. The van der Waals surface area contributed by atoms with Crippen LogP contribution in [0.1, 0.15) is 21.5 Å². The minimum absolute atomic E-state index is 0.326. The third-order valence-electron chi connectivity index (χ3n) is 2.28. The molecule has 0 aliphatic rings. The zero-order valence-corrected chi connectivity index (χ0v) is 10.7. The Balaban J connectivity index is 2.09. The van der Waals surface area contributed by atoms with Gasteiger partial charge in [0.1, 0.15) is 6.33 Å². The van der Waals surface area contributed by atoms with Gasteiger partial charge in [0, 0.05) is 5.75 Å². The van der Waals surface area contributed by atoms with Gasteiger partial charge in [0.25, 0.3) is 0 Å². The van der Waals surface area contributed by atoms with E-state index in [1.165, 1.54) is 17.9 Å². The van der Waals surface area contributed by atoms with Gasteiger partial charge in [-0.25, -0.2) is 9.78 Å². The molecule has 0 fully saturated rings. The smallest absolute Gasteiger partial charge is 0.335 e. The molecule has 17 heavy (non-hydrogen) atoms. The summed E-state index contributed by atoms with van der Waals surface area (Å²) in [6.07, 6.45) is 1.54. The van der Waals surface area contributed by atoms with E-state index in [4.69, 9.17) is 5.11 Å². The minimum atomic E-state index is -0.892. The summed E-state index contributed by atoms with van der Waals surface area (Å²) in [7, 11) is 0. The second kappa shape index (κ2) is 5.29. The first kappa shape index (κ1) is 12.1. The SMILES string of the molecule is Cc1cc(C(=O)O)ccc1CSc1ncns1. The lowest BCUT2D eigenvalue weighted by molar-refractivity contribution is 0.0697. The Labute approximate surface area is 107 Å². The van der Waals surface area contributed by atoms with E-state index >= 15 is 0 Å². The predicted molar refractivity (Wildman–Crippen MR) is 67.6 cm³/mol. The first-order chi connectivity index (χ1) is 8.16. The van der Waals surface area contributed by atoms with Crippen LogP contribution in [0.15, 0.2) is 28.9 Å². The van der Waals surface area contributed by atoms with E-state index in [1.807, 2.05) is 13.0 Å². The van der Waals surface area contributed by atoms with Gasteiger partial charge in [0.15, 0.2) is 4.34 Å². The van der Waals surface area contributed by atoms with Crippen LogP contribution in [-0.4, -0.2) is 20.4 Å². The van der Waals surface area contributed by atoms with Crippen molar-refractivity contribution in [3.63, 3.8) is 0 Å². The largest absolute Gasteiger partial charge is 0.478 e. The highest BCUT2D eigenvalue weighted by molar-refractivity contribution is 8.00. The number of carboxylic acids is 1. The van der Waals surface area contributed by atoms with Gasteiger partial charge in [-0.05, 0) is 41.7 Å². The average molecular weight is 266 g/mol. The fraction of sp³-hybridized carbons (Fsp3) is 0.182. The molecule has 0 aliphatic heterocycles. The van der Waals surface area contributed by atoms with Gasteiger partial charge < -0.3 is 5.11 Å². The topological polar surface area (TPSA) is 63.1 Å². The molecular weight excluding hydrogens is 256 g/mol. The van der Waals surface area contributed by atoms with E-state index in [0.29, 0.717) is 5.56 Å². The van der Waals surface area contributed by atoms with Gasteiger partial charge in [-0.3, -0.25) is 0 Å².